The van der Waals surface area contributed by atoms with Gasteiger partial charge >= 0.3 is 6.03 Å². The van der Waals surface area contributed by atoms with E-state index in [-0.39, 0.29) is 12.6 Å². The van der Waals surface area contributed by atoms with Crippen LogP contribution >= 0.6 is 0 Å². The topological polar surface area (TPSA) is 41.6 Å². The van der Waals surface area contributed by atoms with Crippen molar-refractivity contribution in [1.82, 2.24) is 10.2 Å². The summed E-state index contributed by atoms with van der Waals surface area (Å²) in [7, 11) is 0. The molecule has 1 N–H and O–H groups in total. The normalized spacial score (nSPS) is 18.0. The predicted molar refractivity (Wildman–Crippen MR) is 75.2 cm³/mol. The van der Waals surface area contributed by atoms with E-state index >= 15 is 0 Å². The molecule has 1 atom stereocenters. The second kappa shape index (κ2) is 7.93. The van der Waals surface area contributed by atoms with Crippen LogP contribution in [-0.2, 0) is 11.3 Å². The van der Waals surface area contributed by atoms with Crippen molar-refractivity contribution in [2.24, 2.45) is 0 Å². The lowest BCUT2D eigenvalue weighted by molar-refractivity contribution is 0.0890. The summed E-state index contributed by atoms with van der Waals surface area (Å²) in [6, 6.07) is 8.63. The van der Waals surface area contributed by atoms with E-state index in [1.54, 1.807) is 0 Å². The van der Waals surface area contributed by atoms with Crippen LogP contribution in [0.15, 0.2) is 30.3 Å². The van der Waals surface area contributed by atoms with Gasteiger partial charge in [-0.1, -0.05) is 30.3 Å². The number of carbonyl (C=O) groups excluding carboxylic acids is 1. The number of hydrogen-bond acceptors (Lipinski definition) is 2. The maximum absolute atomic E-state index is 12.6. The third-order valence-corrected chi connectivity index (χ3v) is 3.37. The van der Waals surface area contributed by atoms with Crippen molar-refractivity contribution in [1.29, 1.82) is 0 Å². The lowest BCUT2D eigenvalue weighted by Crippen LogP contribution is -2.44. The maximum Gasteiger partial charge on any atom is 0.317 e. The van der Waals surface area contributed by atoms with Crippen LogP contribution in [-0.4, -0.2) is 43.2 Å². The zero-order valence-corrected chi connectivity index (χ0v) is 11.8. The van der Waals surface area contributed by atoms with E-state index in [0.717, 1.165) is 23.3 Å². The van der Waals surface area contributed by atoms with Gasteiger partial charge in [0.1, 0.15) is 0 Å². The smallest absolute Gasteiger partial charge is 0.317 e. The fourth-order valence-corrected chi connectivity index (χ4v) is 2.31. The molecule has 4 nitrogen and oxygen atoms in total. The summed E-state index contributed by atoms with van der Waals surface area (Å²) >= 11 is 0. The average Bonchev–Trinajstić information content (AvgIpc) is 2.98. The molecule has 1 saturated heterocycles. The minimum absolute atomic E-state index is 0.000856. The summed E-state index contributed by atoms with van der Waals surface area (Å²) in [5.74, 6) is 0. The molecule has 1 aromatic carbocycles. The van der Waals surface area contributed by atoms with E-state index in [0.29, 0.717) is 13.2 Å². The Bertz CT molecular complexity index is 437. The number of nitrogens with zero attached hydrogens (tertiary/aromatic N) is 1. The molecule has 116 valence electrons. The molecule has 0 bridgehead atoms. The highest BCUT2D eigenvalue weighted by molar-refractivity contribution is 5.74. The van der Waals surface area contributed by atoms with Crippen molar-refractivity contribution in [3.8, 4) is 0 Å². The van der Waals surface area contributed by atoms with Crippen LogP contribution in [0.5, 0.6) is 0 Å². The summed E-state index contributed by atoms with van der Waals surface area (Å²) in [5.41, 5.74) is 0.824. The number of rotatable bonds is 6. The molecular weight excluding hydrogens is 278 g/mol. The third kappa shape index (κ3) is 5.30. The summed E-state index contributed by atoms with van der Waals surface area (Å²) in [4.78, 5) is 13.2. The molecule has 2 amide bonds. The second-order valence-corrected chi connectivity index (χ2v) is 5.08. The maximum atomic E-state index is 12.6. The monoisotopic (exact) mass is 298 g/mol. The highest BCUT2D eigenvalue weighted by Crippen LogP contribution is 2.11. The van der Waals surface area contributed by atoms with Crippen LogP contribution in [0, 0.1) is 0 Å². The number of nitrogens with one attached hydrogen (secondary N) is 1. The van der Waals surface area contributed by atoms with Crippen molar-refractivity contribution >= 4 is 6.03 Å². The van der Waals surface area contributed by atoms with Crippen molar-refractivity contribution < 1.29 is 18.3 Å². The van der Waals surface area contributed by atoms with Crippen molar-refractivity contribution in [2.75, 3.05) is 19.7 Å². The van der Waals surface area contributed by atoms with Crippen molar-refractivity contribution in [3.05, 3.63) is 35.9 Å². The molecule has 1 aromatic rings. The van der Waals surface area contributed by atoms with Gasteiger partial charge in [-0.25, -0.2) is 13.6 Å². The Morgan fingerprint density at radius 3 is 2.76 bits per heavy atom. The molecule has 6 heteroatoms. The van der Waals surface area contributed by atoms with Crippen LogP contribution in [0.3, 0.4) is 0 Å². The summed E-state index contributed by atoms with van der Waals surface area (Å²) in [5, 5.41) is 2.68. The zero-order valence-electron chi connectivity index (χ0n) is 11.8. The lowest BCUT2D eigenvalue weighted by Gasteiger charge is -2.23. The van der Waals surface area contributed by atoms with E-state index in [2.05, 4.69) is 5.32 Å². The van der Waals surface area contributed by atoms with Gasteiger partial charge < -0.3 is 15.0 Å². The molecule has 0 aromatic heterocycles. The van der Waals surface area contributed by atoms with Gasteiger partial charge in [-0.2, -0.15) is 0 Å². The number of hydrogen-bond donors (Lipinski definition) is 1. The van der Waals surface area contributed by atoms with E-state index in [1.807, 2.05) is 30.3 Å². The first-order chi connectivity index (χ1) is 10.1. The van der Waals surface area contributed by atoms with E-state index in [9.17, 15) is 13.6 Å². The number of carbonyl (C=O) groups is 1. The standard InChI is InChI=1S/C15H20F2N2O2/c16-14(17)11-19(10-12-5-2-1-3-6-12)15(20)18-9-13-7-4-8-21-13/h1-3,5-6,13-14H,4,7-11H2,(H,18,20). The number of amides is 2. The Balaban J connectivity index is 1.89. The van der Waals surface area contributed by atoms with Crippen molar-refractivity contribution in [3.63, 3.8) is 0 Å². The van der Waals surface area contributed by atoms with Gasteiger partial charge in [-0.15, -0.1) is 0 Å². The quantitative estimate of drug-likeness (QED) is 0.877. The van der Waals surface area contributed by atoms with Crippen LogP contribution in [0.4, 0.5) is 13.6 Å². The zero-order chi connectivity index (χ0) is 15.1. The molecule has 1 fully saturated rings. The van der Waals surface area contributed by atoms with Gasteiger partial charge in [0.2, 0.25) is 0 Å². The van der Waals surface area contributed by atoms with Gasteiger partial charge in [0.15, 0.2) is 0 Å². The van der Waals surface area contributed by atoms with Crippen LogP contribution in [0.25, 0.3) is 0 Å². The first-order valence-corrected chi connectivity index (χ1v) is 7.11. The minimum atomic E-state index is -2.55. The van der Waals surface area contributed by atoms with Gasteiger partial charge in [-0.3, -0.25) is 0 Å². The summed E-state index contributed by atoms with van der Waals surface area (Å²) < 4.78 is 30.7. The fourth-order valence-electron chi connectivity index (χ4n) is 2.31. The predicted octanol–water partition coefficient (Wildman–Crippen LogP) is 2.64. The highest BCUT2D eigenvalue weighted by atomic mass is 19.3. The molecule has 1 heterocycles. The Morgan fingerprint density at radius 2 is 2.14 bits per heavy atom. The molecule has 2 rings (SSSR count). The fraction of sp³-hybridized carbons (Fsp3) is 0.533. The summed E-state index contributed by atoms with van der Waals surface area (Å²) in [6.45, 7) is 0.660. The lowest BCUT2D eigenvalue weighted by atomic mass is 10.2. The number of urea groups is 1. The Morgan fingerprint density at radius 1 is 1.38 bits per heavy atom. The van der Waals surface area contributed by atoms with E-state index < -0.39 is 19.0 Å². The van der Waals surface area contributed by atoms with Gasteiger partial charge in [-0.05, 0) is 18.4 Å². The highest BCUT2D eigenvalue weighted by Gasteiger charge is 2.21. The SMILES string of the molecule is O=C(NCC1CCCO1)N(Cc1ccccc1)CC(F)F. The molecule has 1 unspecified atom stereocenters. The largest absolute Gasteiger partial charge is 0.376 e. The molecule has 1 aliphatic heterocycles. The molecule has 0 spiro atoms. The molecule has 21 heavy (non-hydrogen) atoms. The van der Waals surface area contributed by atoms with Crippen LogP contribution < -0.4 is 5.32 Å². The molecule has 0 saturated carbocycles. The molecule has 0 radical (unpaired) electrons. The number of halogens is 2. The Labute approximate surface area is 123 Å². The third-order valence-electron chi connectivity index (χ3n) is 3.37. The second-order valence-electron chi connectivity index (χ2n) is 5.08. The molecule has 1 aliphatic rings. The van der Waals surface area contributed by atoms with Crippen LogP contribution in [0.2, 0.25) is 0 Å². The first kappa shape index (κ1) is 15.7. The van der Waals surface area contributed by atoms with Gasteiger partial charge in [0.05, 0.1) is 12.6 Å². The summed E-state index contributed by atoms with van der Waals surface area (Å²) in [6.07, 6.45) is -0.680. The van der Waals surface area contributed by atoms with Crippen molar-refractivity contribution in [2.45, 2.75) is 31.9 Å². The first-order valence-electron chi connectivity index (χ1n) is 7.11. The average molecular weight is 298 g/mol. The van der Waals surface area contributed by atoms with Gasteiger partial charge in [0, 0.05) is 19.7 Å². The van der Waals surface area contributed by atoms with E-state index in [4.69, 9.17) is 4.74 Å². The Hall–Kier alpha value is -1.69. The minimum Gasteiger partial charge on any atom is -0.376 e. The number of benzene rings is 1. The Kier molecular flexibility index (Phi) is 5.92. The van der Waals surface area contributed by atoms with E-state index in [1.165, 1.54) is 0 Å². The molecular formula is C15H20F2N2O2. The number of ether oxygens (including phenoxy) is 1. The molecule has 0 aliphatic carbocycles. The van der Waals surface area contributed by atoms with Crippen LogP contribution in [0.1, 0.15) is 18.4 Å². The number of alkyl halides is 2. The van der Waals surface area contributed by atoms with Gasteiger partial charge in [0.25, 0.3) is 6.43 Å².